The Hall–Kier alpha value is -1.55. The fourth-order valence-corrected chi connectivity index (χ4v) is 1.99. The molecule has 4 heteroatoms. The van der Waals surface area contributed by atoms with Crippen LogP contribution in [0.25, 0.3) is 0 Å². The second-order valence-corrected chi connectivity index (χ2v) is 4.30. The minimum Gasteiger partial charge on any atom is -0.497 e. The van der Waals surface area contributed by atoms with Crippen molar-refractivity contribution in [1.82, 2.24) is 10.6 Å². The molecule has 4 nitrogen and oxygen atoms in total. The molecule has 0 spiro atoms. The van der Waals surface area contributed by atoms with Crippen LogP contribution in [0.3, 0.4) is 0 Å². The summed E-state index contributed by atoms with van der Waals surface area (Å²) < 4.78 is 5.09. The summed E-state index contributed by atoms with van der Waals surface area (Å²) in [7, 11) is 1.60. The lowest BCUT2D eigenvalue weighted by Gasteiger charge is -2.10. The van der Waals surface area contributed by atoms with Crippen LogP contribution in [0.1, 0.15) is 16.8 Å². The summed E-state index contributed by atoms with van der Waals surface area (Å²) in [4.78, 5) is 11.9. The fourth-order valence-electron chi connectivity index (χ4n) is 1.99. The number of methoxy groups -OCH3 is 1. The van der Waals surface area contributed by atoms with Crippen molar-refractivity contribution in [2.75, 3.05) is 26.7 Å². The van der Waals surface area contributed by atoms with Crippen LogP contribution in [0.15, 0.2) is 24.3 Å². The zero-order valence-electron chi connectivity index (χ0n) is 10.0. The molecule has 1 fully saturated rings. The lowest BCUT2D eigenvalue weighted by molar-refractivity contribution is 0.0948. The average molecular weight is 234 g/mol. The highest BCUT2D eigenvalue weighted by Crippen LogP contribution is 2.12. The molecule has 1 atom stereocenters. The molecular formula is C13H18N2O2. The molecule has 1 saturated heterocycles. The van der Waals surface area contributed by atoms with E-state index in [9.17, 15) is 4.79 Å². The number of carbonyl (C=O) groups excluding carboxylic acids is 1. The van der Waals surface area contributed by atoms with Gasteiger partial charge in [-0.25, -0.2) is 0 Å². The Morgan fingerprint density at radius 1 is 1.59 bits per heavy atom. The highest BCUT2D eigenvalue weighted by atomic mass is 16.5. The number of rotatable bonds is 4. The Balaban J connectivity index is 1.89. The number of hydrogen-bond donors (Lipinski definition) is 2. The maximum atomic E-state index is 11.9. The maximum Gasteiger partial charge on any atom is 0.251 e. The third-order valence-electron chi connectivity index (χ3n) is 3.05. The highest BCUT2D eigenvalue weighted by molar-refractivity contribution is 5.94. The molecule has 0 aromatic heterocycles. The predicted molar refractivity (Wildman–Crippen MR) is 66.3 cm³/mol. The lowest BCUT2D eigenvalue weighted by atomic mass is 10.1. The molecule has 0 bridgehead atoms. The van der Waals surface area contributed by atoms with Crippen molar-refractivity contribution in [2.45, 2.75) is 6.42 Å². The smallest absolute Gasteiger partial charge is 0.251 e. The predicted octanol–water partition coefficient (Wildman–Crippen LogP) is 1.03. The van der Waals surface area contributed by atoms with E-state index in [1.165, 1.54) is 0 Å². The van der Waals surface area contributed by atoms with Gasteiger partial charge in [-0.2, -0.15) is 0 Å². The minimum atomic E-state index is -0.0317. The first-order valence-electron chi connectivity index (χ1n) is 5.92. The average Bonchev–Trinajstić information content (AvgIpc) is 2.89. The summed E-state index contributed by atoms with van der Waals surface area (Å²) in [5.41, 5.74) is 0.648. The molecule has 1 unspecified atom stereocenters. The molecule has 1 aromatic rings. The van der Waals surface area contributed by atoms with Crippen molar-refractivity contribution in [3.8, 4) is 5.75 Å². The van der Waals surface area contributed by atoms with E-state index in [0.29, 0.717) is 17.2 Å². The molecule has 2 rings (SSSR count). The first-order chi connectivity index (χ1) is 8.29. The lowest BCUT2D eigenvalue weighted by Crippen LogP contribution is -2.30. The molecular weight excluding hydrogens is 216 g/mol. The van der Waals surface area contributed by atoms with Crippen LogP contribution in [0.5, 0.6) is 5.75 Å². The molecule has 1 aromatic carbocycles. The van der Waals surface area contributed by atoms with Gasteiger partial charge < -0.3 is 15.4 Å². The van der Waals surface area contributed by atoms with Gasteiger partial charge in [-0.05, 0) is 43.6 Å². The van der Waals surface area contributed by atoms with E-state index in [1.54, 1.807) is 19.2 Å². The van der Waals surface area contributed by atoms with Crippen LogP contribution in [0.2, 0.25) is 0 Å². The van der Waals surface area contributed by atoms with Gasteiger partial charge in [0.25, 0.3) is 5.91 Å². The van der Waals surface area contributed by atoms with E-state index in [4.69, 9.17) is 4.74 Å². The van der Waals surface area contributed by atoms with Crippen molar-refractivity contribution in [2.24, 2.45) is 5.92 Å². The van der Waals surface area contributed by atoms with E-state index in [0.717, 1.165) is 26.1 Å². The number of hydrogen-bond acceptors (Lipinski definition) is 3. The van der Waals surface area contributed by atoms with Crippen LogP contribution >= 0.6 is 0 Å². The zero-order chi connectivity index (χ0) is 12.1. The molecule has 17 heavy (non-hydrogen) atoms. The van der Waals surface area contributed by atoms with Crippen molar-refractivity contribution in [1.29, 1.82) is 0 Å². The van der Waals surface area contributed by atoms with Gasteiger partial charge in [0, 0.05) is 12.1 Å². The molecule has 1 amide bonds. The molecule has 0 radical (unpaired) electrons. The summed E-state index contributed by atoms with van der Waals surface area (Å²) in [6.07, 6.45) is 1.14. The number of amides is 1. The van der Waals surface area contributed by atoms with Gasteiger partial charge in [-0.15, -0.1) is 0 Å². The normalized spacial score (nSPS) is 19.0. The number of benzene rings is 1. The zero-order valence-corrected chi connectivity index (χ0v) is 10.0. The number of ether oxygens (including phenoxy) is 1. The Kier molecular flexibility index (Phi) is 3.98. The van der Waals surface area contributed by atoms with E-state index in [-0.39, 0.29) is 5.91 Å². The first kappa shape index (κ1) is 11.9. The van der Waals surface area contributed by atoms with Gasteiger partial charge in [0.05, 0.1) is 7.11 Å². The van der Waals surface area contributed by atoms with Crippen molar-refractivity contribution in [3.63, 3.8) is 0 Å². The molecule has 92 valence electrons. The fraction of sp³-hybridized carbons (Fsp3) is 0.462. The third kappa shape index (κ3) is 3.20. The van der Waals surface area contributed by atoms with E-state index in [1.807, 2.05) is 12.1 Å². The minimum absolute atomic E-state index is 0.0317. The molecule has 1 aliphatic rings. The summed E-state index contributed by atoms with van der Waals surface area (Å²) in [6.45, 7) is 2.79. The first-order valence-corrected chi connectivity index (χ1v) is 5.92. The molecule has 0 saturated carbocycles. The number of carbonyl (C=O) groups is 1. The topological polar surface area (TPSA) is 50.4 Å². The molecule has 1 heterocycles. The Morgan fingerprint density at radius 3 is 3.18 bits per heavy atom. The van der Waals surface area contributed by atoms with Crippen LogP contribution in [-0.2, 0) is 0 Å². The Morgan fingerprint density at radius 2 is 2.47 bits per heavy atom. The number of nitrogens with one attached hydrogen (secondary N) is 2. The quantitative estimate of drug-likeness (QED) is 0.818. The Bertz CT molecular complexity index is 387. The standard InChI is InChI=1S/C13H18N2O2/c1-17-12-4-2-3-11(7-12)13(16)15-9-10-5-6-14-8-10/h2-4,7,10,14H,5-6,8-9H2,1H3,(H,15,16). The van der Waals surface area contributed by atoms with Crippen molar-refractivity contribution < 1.29 is 9.53 Å². The van der Waals surface area contributed by atoms with Crippen molar-refractivity contribution in [3.05, 3.63) is 29.8 Å². The summed E-state index contributed by atoms with van der Waals surface area (Å²) in [5, 5.41) is 6.24. The maximum absolute atomic E-state index is 11.9. The van der Waals surface area contributed by atoms with Crippen LogP contribution in [0.4, 0.5) is 0 Å². The van der Waals surface area contributed by atoms with Gasteiger partial charge in [0.1, 0.15) is 5.75 Å². The summed E-state index contributed by atoms with van der Waals surface area (Å²) in [5.74, 6) is 1.24. The summed E-state index contributed by atoms with van der Waals surface area (Å²) in [6, 6.07) is 7.20. The van der Waals surface area contributed by atoms with Gasteiger partial charge in [0.15, 0.2) is 0 Å². The molecule has 2 N–H and O–H groups in total. The van der Waals surface area contributed by atoms with Crippen LogP contribution in [0, 0.1) is 5.92 Å². The van der Waals surface area contributed by atoms with Gasteiger partial charge >= 0.3 is 0 Å². The largest absolute Gasteiger partial charge is 0.497 e. The SMILES string of the molecule is COc1cccc(C(=O)NCC2CCNC2)c1. The molecule has 0 aliphatic carbocycles. The van der Waals surface area contributed by atoms with E-state index >= 15 is 0 Å². The van der Waals surface area contributed by atoms with Gasteiger partial charge in [0.2, 0.25) is 0 Å². The van der Waals surface area contributed by atoms with Crippen molar-refractivity contribution >= 4 is 5.91 Å². The van der Waals surface area contributed by atoms with Gasteiger partial charge in [-0.3, -0.25) is 4.79 Å². The van der Waals surface area contributed by atoms with E-state index < -0.39 is 0 Å². The Labute approximate surface area is 101 Å². The monoisotopic (exact) mass is 234 g/mol. The second kappa shape index (κ2) is 5.68. The third-order valence-corrected chi connectivity index (χ3v) is 3.05. The van der Waals surface area contributed by atoms with Gasteiger partial charge in [-0.1, -0.05) is 6.07 Å². The highest BCUT2D eigenvalue weighted by Gasteiger charge is 2.15. The second-order valence-electron chi connectivity index (χ2n) is 4.30. The molecule has 1 aliphatic heterocycles. The summed E-state index contributed by atoms with van der Waals surface area (Å²) >= 11 is 0. The van der Waals surface area contributed by atoms with E-state index in [2.05, 4.69) is 10.6 Å². The van der Waals surface area contributed by atoms with Crippen LogP contribution < -0.4 is 15.4 Å². The van der Waals surface area contributed by atoms with Crippen LogP contribution in [-0.4, -0.2) is 32.7 Å².